The maximum absolute atomic E-state index is 12.2. The Balaban J connectivity index is 0.00000450. The number of halogens is 7. The van der Waals surface area contributed by atoms with E-state index in [-0.39, 0.29) is 54.7 Å². The molecule has 1 aromatic heterocycles. The first kappa shape index (κ1) is 25.6. The summed E-state index contributed by atoms with van der Waals surface area (Å²) in [7, 11) is 0. The van der Waals surface area contributed by atoms with Crippen LogP contribution < -0.4 is 20.5 Å². The molecular weight excluding hydrogens is 533 g/mol. The number of guanidine groups is 1. The Kier molecular flexibility index (Phi) is 9.45. The molecule has 0 amide bonds. The van der Waals surface area contributed by atoms with E-state index in [4.69, 9.17) is 5.73 Å². The van der Waals surface area contributed by atoms with Crippen LogP contribution in [0.25, 0.3) is 0 Å². The number of ether oxygens (including phenoxy) is 2. The lowest BCUT2D eigenvalue weighted by atomic mass is 10.2. The minimum Gasteiger partial charge on any atom is -0.468 e. The van der Waals surface area contributed by atoms with Gasteiger partial charge >= 0.3 is 12.5 Å². The molecule has 0 saturated carbocycles. The second kappa shape index (κ2) is 11.1. The number of nitrogens with two attached hydrogens (primary N) is 1. The van der Waals surface area contributed by atoms with Crippen LogP contribution in [0.5, 0.6) is 11.6 Å². The fourth-order valence-corrected chi connectivity index (χ4v) is 2.02. The van der Waals surface area contributed by atoms with Crippen LogP contribution in [0.15, 0.2) is 47.6 Å². The number of nitrogens with one attached hydrogen (secondary N) is 1. The molecule has 0 radical (unpaired) electrons. The summed E-state index contributed by atoms with van der Waals surface area (Å²) in [6.45, 7) is -1.21. The number of pyridine rings is 1. The van der Waals surface area contributed by atoms with E-state index in [1.54, 1.807) is 0 Å². The van der Waals surface area contributed by atoms with Crippen LogP contribution in [-0.2, 0) is 13.1 Å². The van der Waals surface area contributed by atoms with E-state index in [2.05, 4.69) is 24.8 Å². The Hall–Kier alpha value is -2.45. The Morgan fingerprint density at radius 3 is 2.30 bits per heavy atom. The lowest BCUT2D eigenvalue weighted by Gasteiger charge is -2.10. The van der Waals surface area contributed by atoms with Gasteiger partial charge in [0.2, 0.25) is 5.88 Å². The first-order chi connectivity index (χ1) is 13.5. The SMILES string of the molecule is I.NC(=NCc1ccnc(OCC(F)(F)F)c1)NCc1ccc(OC(F)(F)F)cc1. The van der Waals surface area contributed by atoms with Gasteiger partial charge in [-0.3, -0.25) is 0 Å². The van der Waals surface area contributed by atoms with Gasteiger partial charge in [0.25, 0.3) is 0 Å². The highest BCUT2D eigenvalue weighted by atomic mass is 127. The normalized spacial score (nSPS) is 12.1. The third-order valence-corrected chi connectivity index (χ3v) is 3.25. The Labute approximate surface area is 184 Å². The van der Waals surface area contributed by atoms with Crippen molar-refractivity contribution in [3.63, 3.8) is 0 Å². The molecule has 0 bridgehead atoms. The molecule has 2 rings (SSSR count). The van der Waals surface area contributed by atoms with Crippen molar-refractivity contribution in [3.05, 3.63) is 53.7 Å². The first-order valence-corrected chi connectivity index (χ1v) is 8.03. The quantitative estimate of drug-likeness (QED) is 0.235. The summed E-state index contributed by atoms with van der Waals surface area (Å²) in [5.74, 6) is -0.498. The molecule has 30 heavy (non-hydrogen) atoms. The van der Waals surface area contributed by atoms with Gasteiger partial charge in [0.15, 0.2) is 12.6 Å². The van der Waals surface area contributed by atoms with E-state index in [0.717, 1.165) is 12.1 Å². The highest BCUT2D eigenvalue weighted by Gasteiger charge is 2.31. The molecule has 1 heterocycles. The van der Waals surface area contributed by atoms with Crippen LogP contribution in [0.1, 0.15) is 11.1 Å². The van der Waals surface area contributed by atoms with Crippen molar-refractivity contribution in [2.45, 2.75) is 25.6 Å². The molecule has 0 aliphatic carbocycles. The topological polar surface area (TPSA) is 81.8 Å². The molecule has 2 aromatic rings. The highest BCUT2D eigenvalue weighted by Crippen LogP contribution is 2.22. The number of hydrogen-bond donors (Lipinski definition) is 2. The average Bonchev–Trinajstić information content (AvgIpc) is 2.63. The van der Waals surface area contributed by atoms with Crippen LogP contribution in [0, 0.1) is 0 Å². The molecule has 0 aliphatic heterocycles. The molecule has 0 spiro atoms. The zero-order chi connectivity index (χ0) is 21.5. The fourth-order valence-electron chi connectivity index (χ4n) is 2.02. The number of rotatable bonds is 7. The van der Waals surface area contributed by atoms with E-state index >= 15 is 0 Å². The first-order valence-electron chi connectivity index (χ1n) is 8.03. The number of alkyl halides is 6. The minimum atomic E-state index is -4.76. The molecule has 0 aliphatic rings. The van der Waals surface area contributed by atoms with E-state index in [1.807, 2.05) is 0 Å². The Bertz CT molecular complexity index is 828. The average molecular weight is 550 g/mol. The Morgan fingerprint density at radius 2 is 1.70 bits per heavy atom. The third-order valence-electron chi connectivity index (χ3n) is 3.25. The van der Waals surface area contributed by atoms with Crippen molar-refractivity contribution in [2.24, 2.45) is 10.7 Å². The zero-order valence-electron chi connectivity index (χ0n) is 15.1. The van der Waals surface area contributed by atoms with Gasteiger partial charge in [-0.2, -0.15) is 13.2 Å². The van der Waals surface area contributed by atoms with Gasteiger partial charge in [0.05, 0.1) is 6.54 Å². The smallest absolute Gasteiger partial charge is 0.468 e. The summed E-state index contributed by atoms with van der Waals surface area (Å²) in [5.41, 5.74) is 6.86. The predicted octanol–water partition coefficient (Wildman–Crippen LogP) is 4.14. The summed E-state index contributed by atoms with van der Waals surface area (Å²) in [4.78, 5) is 7.71. The van der Waals surface area contributed by atoms with E-state index in [1.165, 1.54) is 30.5 Å². The van der Waals surface area contributed by atoms with Crippen LogP contribution in [0.4, 0.5) is 26.3 Å². The summed E-state index contributed by atoms with van der Waals surface area (Å²) >= 11 is 0. The standard InChI is InChI=1S/C17H16F6N4O2.HI/c18-16(19,20)10-28-14-7-12(5-6-25-14)9-27-15(24)26-8-11-1-3-13(4-2-11)29-17(21,22)23;/h1-7H,8-10H2,(H3,24,26,27);1H. The van der Waals surface area contributed by atoms with Crippen LogP contribution in [0.3, 0.4) is 0 Å². The summed E-state index contributed by atoms with van der Waals surface area (Å²) in [6, 6.07) is 8.02. The number of aliphatic imine (C=N–C) groups is 1. The van der Waals surface area contributed by atoms with Gasteiger partial charge in [-0.25, -0.2) is 9.98 Å². The number of aromatic nitrogens is 1. The van der Waals surface area contributed by atoms with Crippen molar-refractivity contribution >= 4 is 29.9 Å². The minimum absolute atomic E-state index is 0. The van der Waals surface area contributed by atoms with Gasteiger partial charge in [0, 0.05) is 18.8 Å². The van der Waals surface area contributed by atoms with Crippen molar-refractivity contribution in [3.8, 4) is 11.6 Å². The van der Waals surface area contributed by atoms with E-state index < -0.39 is 19.1 Å². The van der Waals surface area contributed by atoms with Crippen LogP contribution in [0.2, 0.25) is 0 Å². The summed E-state index contributed by atoms with van der Waals surface area (Å²) < 4.78 is 81.1. The second-order valence-electron chi connectivity index (χ2n) is 5.65. The molecule has 6 nitrogen and oxygen atoms in total. The van der Waals surface area contributed by atoms with Crippen molar-refractivity contribution in [2.75, 3.05) is 6.61 Å². The van der Waals surface area contributed by atoms with Crippen LogP contribution in [-0.4, -0.2) is 30.1 Å². The monoisotopic (exact) mass is 550 g/mol. The molecule has 13 heteroatoms. The highest BCUT2D eigenvalue weighted by molar-refractivity contribution is 14.0. The van der Waals surface area contributed by atoms with Crippen molar-refractivity contribution in [1.29, 1.82) is 0 Å². The largest absolute Gasteiger partial charge is 0.573 e. The third kappa shape index (κ3) is 10.4. The van der Waals surface area contributed by atoms with Crippen molar-refractivity contribution in [1.82, 2.24) is 10.3 Å². The lowest BCUT2D eigenvalue weighted by Crippen LogP contribution is -2.31. The Morgan fingerprint density at radius 1 is 1.03 bits per heavy atom. The molecule has 166 valence electrons. The maximum atomic E-state index is 12.2. The van der Waals surface area contributed by atoms with E-state index in [9.17, 15) is 26.3 Å². The molecule has 1 aromatic carbocycles. The molecule has 0 unspecified atom stereocenters. The molecule has 0 atom stereocenters. The number of benzene rings is 1. The predicted molar refractivity (Wildman–Crippen MR) is 106 cm³/mol. The zero-order valence-corrected chi connectivity index (χ0v) is 17.5. The molecule has 3 N–H and O–H groups in total. The van der Waals surface area contributed by atoms with Crippen LogP contribution >= 0.6 is 24.0 Å². The fraction of sp³-hybridized carbons (Fsp3) is 0.294. The van der Waals surface area contributed by atoms with Gasteiger partial charge in [-0.1, -0.05) is 12.1 Å². The molecule has 0 saturated heterocycles. The number of nitrogens with zero attached hydrogens (tertiary/aromatic N) is 2. The summed E-state index contributed by atoms with van der Waals surface area (Å²) in [5, 5.41) is 2.77. The van der Waals surface area contributed by atoms with Crippen molar-refractivity contribution < 1.29 is 35.8 Å². The number of hydrogen-bond acceptors (Lipinski definition) is 4. The second-order valence-corrected chi connectivity index (χ2v) is 5.65. The van der Waals surface area contributed by atoms with Gasteiger partial charge in [0.1, 0.15) is 5.75 Å². The molecule has 0 fully saturated rings. The van der Waals surface area contributed by atoms with E-state index in [0.29, 0.717) is 11.1 Å². The maximum Gasteiger partial charge on any atom is 0.573 e. The van der Waals surface area contributed by atoms with Gasteiger partial charge < -0.3 is 20.5 Å². The van der Waals surface area contributed by atoms with Gasteiger partial charge in [-0.15, -0.1) is 37.1 Å². The summed E-state index contributed by atoms with van der Waals surface area (Å²) in [6.07, 6.45) is -7.95. The molecular formula is C17H17F6IN4O2. The lowest BCUT2D eigenvalue weighted by molar-refractivity contribution is -0.274. The van der Waals surface area contributed by atoms with Gasteiger partial charge in [-0.05, 0) is 29.3 Å².